The van der Waals surface area contributed by atoms with E-state index in [2.05, 4.69) is 51.0 Å². The summed E-state index contributed by atoms with van der Waals surface area (Å²) in [5.41, 5.74) is 5.47. The standard InChI is InChI=1S/C22H27ClN2OSi/c1-22(2,3)27(4,5)26-20-10-9-17-18(20)8-7-16(13-24)19(17)12-15-6-11-21(23)25-14-15/h6-8,11,14,20H,9-10,12H2,1-5H3/t20-/m0/s1. The minimum atomic E-state index is -1.85. The van der Waals surface area contributed by atoms with E-state index in [0.717, 1.165) is 29.5 Å². The lowest BCUT2D eigenvalue weighted by atomic mass is 9.93. The van der Waals surface area contributed by atoms with Crippen LogP contribution in [0.4, 0.5) is 0 Å². The number of aromatic nitrogens is 1. The normalized spacial score (nSPS) is 16.9. The summed E-state index contributed by atoms with van der Waals surface area (Å²) in [6.07, 6.45) is 4.57. The summed E-state index contributed by atoms with van der Waals surface area (Å²) >= 11 is 5.91. The molecule has 3 nitrogen and oxygen atoms in total. The van der Waals surface area contributed by atoms with Gasteiger partial charge in [0.1, 0.15) is 5.15 Å². The summed E-state index contributed by atoms with van der Waals surface area (Å²) in [5.74, 6) is 0. The molecule has 0 unspecified atom stereocenters. The van der Waals surface area contributed by atoms with Crippen molar-refractivity contribution < 1.29 is 4.43 Å². The van der Waals surface area contributed by atoms with Gasteiger partial charge in [-0.05, 0) is 65.4 Å². The van der Waals surface area contributed by atoms with Gasteiger partial charge < -0.3 is 4.43 Å². The van der Waals surface area contributed by atoms with E-state index < -0.39 is 8.32 Å². The lowest BCUT2D eigenvalue weighted by molar-refractivity contribution is 0.185. The number of nitriles is 1. The molecule has 0 radical (unpaired) electrons. The molecule has 3 rings (SSSR count). The third-order valence-electron chi connectivity index (χ3n) is 6.00. The molecular formula is C22H27ClN2OSi. The average molecular weight is 399 g/mol. The summed E-state index contributed by atoms with van der Waals surface area (Å²) in [5, 5.41) is 10.3. The van der Waals surface area contributed by atoms with E-state index in [1.807, 2.05) is 12.1 Å². The largest absolute Gasteiger partial charge is 0.410 e. The fraction of sp³-hybridized carbons (Fsp3) is 0.455. The Morgan fingerprint density at radius 2 is 2.00 bits per heavy atom. The molecule has 1 aromatic heterocycles. The fourth-order valence-corrected chi connectivity index (χ4v) is 4.84. The second kappa shape index (κ2) is 7.39. The predicted octanol–water partition coefficient (Wildman–Crippen LogP) is 6.21. The highest BCUT2D eigenvalue weighted by Gasteiger charge is 2.41. The van der Waals surface area contributed by atoms with Crippen LogP contribution in [0.3, 0.4) is 0 Å². The number of nitrogens with zero attached hydrogens (tertiary/aromatic N) is 2. The van der Waals surface area contributed by atoms with Gasteiger partial charge in [0, 0.05) is 12.6 Å². The van der Waals surface area contributed by atoms with Crippen molar-refractivity contribution in [3.8, 4) is 6.07 Å². The zero-order valence-electron chi connectivity index (χ0n) is 16.8. The Labute approximate surface area is 168 Å². The zero-order valence-corrected chi connectivity index (χ0v) is 18.5. The minimum absolute atomic E-state index is 0.135. The van der Waals surface area contributed by atoms with Crippen LogP contribution in [0.25, 0.3) is 0 Å². The van der Waals surface area contributed by atoms with Crippen LogP contribution < -0.4 is 0 Å². The van der Waals surface area contributed by atoms with Gasteiger partial charge in [0.05, 0.1) is 17.7 Å². The van der Waals surface area contributed by atoms with Gasteiger partial charge in [-0.1, -0.05) is 44.5 Å². The van der Waals surface area contributed by atoms with E-state index in [0.29, 0.717) is 11.6 Å². The van der Waals surface area contributed by atoms with Gasteiger partial charge in [-0.3, -0.25) is 0 Å². The van der Waals surface area contributed by atoms with Crippen molar-refractivity contribution in [2.45, 2.75) is 64.3 Å². The molecule has 0 spiro atoms. The van der Waals surface area contributed by atoms with Gasteiger partial charge in [-0.2, -0.15) is 5.26 Å². The number of hydrogen-bond acceptors (Lipinski definition) is 3. The SMILES string of the molecule is CC(C)(C)[Si](C)(C)O[C@H]1CCc2c1ccc(C#N)c2Cc1ccc(Cl)nc1. The van der Waals surface area contributed by atoms with Crippen LogP contribution in [0.15, 0.2) is 30.5 Å². The molecule has 1 heterocycles. The molecule has 1 aromatic carbocycles. The van der Waals surface area contributed by atoms with E-state index in [4.69, 9.17) is 16.0 Å². The predicted molar refractivity (Wildman–Crippen MR) is 113 cm³/mol. The van der Waals surface area contributed by atoms with Crippen molar-refractivity contribution in [1.82, 2.24) is 4.98 Å². The van der Waals surface area contributed by atoms with E-state index in [-0.39, 0.29) is 11.1 Å². The van der Waals surface area contributed by atoms with E-state index >= 15 is 0 Å². The lowest BCUT2D eigenvalue weighted by Gasteiger charge is -2.38. The van der Waals surface area contributed by atoms with Crippen molar-refractivity contribution in [2.24, 2.45) is 0 Å². The molecule has 0 bridgehead atoms. The van der Waals surface area contributed by atoms with Crippen molar-refractivity contribution >= 4 is 19.9 Å². The monoisotopic (exact) mass is 398 g/mol. The molecule has 0 amide bonds. The van der Waals surface area contributed by atoms with Crippen LogP contribution in [0.5, 0.6) is 0 Å². The topological polar surface area (TPSA) is 45.9 Å². The number of halogens is 1. The van der Waals surface area contributed by atoms with Gasteiger partial charge in [-0.15, -0.1) is 0 Å². The summed E-state index contributed by atoms with van der Waals surface area (Å²) in [6.45, 7) is 11.4. The Hall–Kier alpha value is -1.67. The first-order valence-electron chi connectivity index (χ1n) is 9.45. The molecule has 0 fully saturated rings. The van der Waals surface area contributed by atoms with Crippen molar-refractivity contribution in [3.63, 3.8) is 0 Å². The molecule has 5 heteroatoms. The smallest absolute Gasteiger partial charge is 0.192 e. The molecule has 1 aliphatic rings. The third kappa shape index (κ3) is 4.11. The van der Waals surface area contributed by atoms with Crippen molar-refractivity contribution in [3.05, 3.63) is 63.4 Å². The van der Waals surface area contributed by atoms with Crippen LogP contribution in [-0.2, 0) is 17.3 Å². The number of hydrogen-bond donors (Lipinski definition) is 0. The number of pyridine rings is 1. The van der Waals surface area contributed by atoms with Crippen LogP contribution in [0.2, 0.25) is 23.3 Å². The lowest BCUT2D eigenvalue weighted by Crippen LogP contribution is -2.41. The number of rotatable bonds is 4. The van der Waals surface area contributed by atoms with Gasteiger partial charge in [0.15, 0.2) is 8.32 Å². The van der Waals surface area contributed by atoms with E-state index in [9.17, 15) is 5.26 Å². The second-order valence-corrected chi connectivity index (χ2v) is 14.0. The minimum Gasteiger partial charge on any atom is -0.410 e. The molecule has 27 heavy (non-hydrogen) atoms. The third-order valence-corrected chi connectivity index (χ3v) is 10.7. The highest BCUT2D eigenvalue weighted by molar-refractivity contribution is 6.74. The Bertz CT molecular complexity index is 879. The molecule has 2 aromatic rings. The Morgan fingerprint density at radius 1 is 1.26 bits per heavy atom. The van der Waals surface area contributed by atoms with Gasteiger partial charge in [-0.25, -0.2) is 4.98 Å². The molecule has 0 saturated carbocycles. The van der Waals surface area contributed by atoms with Crippen LogP contribution in [-0.4, -0.2) is 13.3 Å². The Kier molecular flexibility index (Phi) is 5.49. The Morgan fingerprint density at radius 3 is 2.59 bits per heavy atom. The van der Waals surface area contributed by atoms with Gasteiger partial charge in [0.2, 0.25) is 0 Å². The maximum Gasteiger partial charge on any atom is 0.192 e. The number of benzene rings is 1. The van der Waals surface area contributed by atoms with E-state index in [1.54, 1.807) is 12.3 Å². The molecule has 1 atom stereocenters. The maximum atomic E-state index is 9.62. The van der Waals surface area contributed by atoms with Gasteiger partial charge in [0.25, 0.3) is 0 Å². The average Bonchev–Trinajstić information content (AvgIpc) is 2.99. The first kappa shape index (κ1) is 20.1. The summed E-state index contributed by atoms with van der Waals surface area (Å²) in [4.78, 5) is 4.18. The van der Waals surface area contributed by atoms with Gasteiger partial charge >= 0.3 is 0 Å². The molecule has 0 N–H and O–H groups in total. The molecule has 0 aliphatic heterocycles. The van der Waals surface area contributed by atoms with Crippen LogP contribution in [0, 0.1) is 11.3 Å². The van der Waals surface area contributed by atoms with Crippen LogP contribution in [0.1, 0.15) is 61.1 Å². The molecular weight excluding hydrogens is 372 g/mol. The maximum absolute atomic E-state index is 9.62. The summed E-state index contributed by atoms with van der Waals surface area (Å²) in [7, 11) is -1.85. The van der Waals surface area contributed by atoms with Crippen LogP contribution >= 0.6 is 11.6 Å². The first-order valence-corrected chi connectivity index (χ1v) is 12.7. The highest BCUT2D eigenvalue weighted by Crippen LogP contribution is 2.44. The summed E-state index contributed by atoms with van der Waals surface area (Å²) < 4.78 is 6.71. The Balaban J connectivity index is 1.95. The van der Waals surface area contributed by atoms with E-state index in [1.165, 1.54) is 11.1 Å². The first-order chi connectivity index (χ1) is 12.6. The van der Waals surface area contributed by atoms with Crippen molar-refractivity contribution in [1.29, 1.82) is 5.26 Å². The molecule has 142 valence electrons. The van der Waals surface area contributed by atoms with Crippen molar-refractivity contribution in [2.75, 3.05) is 0 Å². The second-order valence-electron chi connectivity index (χ2n) is 8.84. The molecule has 1 aliphatic carbocycles. The number of fused-ring (bicyclic) bond motifs is 1. The molecule has 0 saturated heterocycles. The quantitative estimate of drug-likeness (QED) is 0.454. The highest BCUT2D eigenvalue weighted by atomic mass is 35.5. The zero-order chi connectivity index (χ0) is 19.8. The fourth-order valence-electron chi connectivity index (χ4n) is 3.42. The summed E-state index contributed by atoms with van der Waals surface area (Å²) in [6, 6.07) is 10.2.